The minimum atomic E-state index is -0.764. The molecule has 1 saturated carbocycles. The number of nitro groups is 1. The van der Waals surface area contributed by atoms with Crippen LogP contribution in [0.15, 0.2) is 18.2 Å². The summed E-state index contributed by atoms with van der Waals surface area (Å²) in [6.45, 7) is 1.70. The topological polar surface area (TPSA) is 92.5 Å². The van der Waals surface area contributed by atoms with Crippen LogP contribution in [-0.4, -0.2) is 22.0 Å². The number of benzene rings is 1. The first kappa shape index (κ1) is 13.3. The molecule has 0 heterocycles. The summed E-state index contributed by atoms with van der Waals surface area (Å²) in [5.41, 5.74) is 1.38. The van der Waals surface area contributed by atoms with Crippen LogP contribution in [0.5, 0.6) is 0 Å². The van der Waals surface area contributed by atoms with Crippen LogP contribution >= 0.6 is 0 Å². The lowest BCUT2D eigenvalue weighted by Gasteiger charge is -2.15. The van der Waals surface area contributed by atoms with Crippen molar-refractivity contribution in [1.29, 1.82) is 0 Å². The van der Waals surface area contributed by atoms with Crippen LogP contribution in [0.1, 0.15) is 24.8 Å². The van der Waals surface area contributed by atoms with Gasteiger partial charge in [0.2, 0.25) is 0 Å². The number of nitrogens with zero attached hydrogens (tertiary/aromatic N) is 1. The first-order valence-electron chi connectivity index (χ1n) is 6.22. The average Bonchev–Trinajstić information content (AvgIpc) is 2.80. The molecule has 0 radical (unpaired) electrons. The van der Waals surface area contributed by atoms with Crippen molar-refractivity contribution >= 4 is 17.3 Å². The van der Waals surface area contributed by atoms with Gasteiger partial charge in [0.15, 0.2) is 0 Å². The number of carbonyl (C=O) groups is 1. The lowest BCUT2D eigenvalue weighted by atomic mass is 10.1. The van der Waals surface area contributed by atoms with E-state index in [1.54, 1.807) is 19.1 Å². The Bertz CT molecular complexity index is 515. The number of hydrogen-bond acceptors (Lipinski definition) is 4. The van der Waals surface area contributed by atoms with Crippen LogP contribution in [0.2, 0.25) is 0 Å². The Hall–Kier alpha value is -2.11. The highest BCUT2D eigenvalue weighted by atomic mass is 16.6. The molecule has 0 amide bonds. The molecule has 6 nitrogen and oxygen atoms in total. The molecule has 19 heavy (non-hydrogen) atoms. The van der Waals surface area contributed by atoms with Gasteiger partial charge in [0.25, 0.3) is 5.69 Å². The Kier molecular flexibility index (Phi) is 3.69. The van der Waals surface area contributed by atoms with E-state index in [0.717, 1.165) is 6.42 Å². The Morgan fingerprint density at radius 2 is 2.21 bits per heavy atom. The third-order valence-electron chi connectivity index (χ3n) is 3.64. The molecular weight excluding hydrogens is 248 g/mol. The van der Waals surface area contributed by atoms with Crippen LogP contribution in [0.3, 0.4) is 0 Å². The molecule has 0 aliphatic heterocycles. The third kappa shape index (κ3) is 2.83. The van der Waals surface area contributed by atoms with E-state index in [-0.39, 0.29) is 17.6 Å². The normalized spacial score (nSPS) is 22.2. The summed E-state index contributed by atoms with van der Waals surface area (Å²) in [7, 11) is 0. The summed E-state index contributed by atoms with van der Waals surface area (Å²) in [4.78, 5) is 21.3. The summed E-state index contributed by atoms with van der Waals surface area (Å²) >= 11 is 0. The number of carboxylic acids is 1. The van der Waals surface area contributed by atoms with Gasteiger partial charge in [-0.15, -0.1) is 0 Å². The lowest BCUT2D eigenvalue weighted by molar-refractivity contribution is -0.385. The van der Waals surface area contributed by atoms with E-state index < -0.39 is 10.9 Å². The first-order valence-corrected chi connectivity index (χ1v) is 6.22. The van der Waals surface area contributed by atoms with Crippen molar-refractivity contribution in [2.45, 2.75) is 32.2 Å². The van der Waals surface area contributed by atoms with Crippen LogP contribution in [0.4, 0.5) is 11.4 Å². The predicted molar refractivity (Wildman–Crippen MR) is 70.2 cm³/mol. The molecule has 2 unspecified atom stereocenters. The van der Waals surface area contributed by atoms with Gasteiger partial charge in [-0.1, -0.05) is 6.07 Å². The number of nitro benzene ring substituents is 1. The number of carboxylic acid groups (broad SMARTS) is 1. The van der Waals surface area contributed by atoms with Crippen molar-refractivity contribution in [2.75, 3.05) is 5.32 Å². The lowest BCUT2D eigenvalue weighted by Crippen LogP contribution is -2.18. The average molecular weight is 264 g/mol. The molecule has 0 aromatic heterocycles. The highest BCUT2D eigenvalue weighted by Gasteiger charge is 2.30. The second kappa shape index (κ2) is 5.26. The molecular formula is C13H16N2O4. The number of hydrogen-bond donors (Lipinski definition) is 2. The quantitative estimate of drug-likeness (QED) is 0.644. The van der Waals surface area contributed by atoms with Crippen molar-refractivity contribution in [2.24, 2.45) is 5.92 Å². The van der Waals surface area contributed by atoms with Gasteiger partial charge in [0, 0.05) is 23.4 Å². The molecule has 1 fully saturated rings. The highest BCUT2D eigenvalue weighted by molar-refractivity contribution is 5.70. The highest BCUT2D eigenvalue weighted by Crippen LogP contribution is 2.31. The van der Waals surface area contributed by atoms with Gasteiger partial charge >= 0.3 is 5.97 Å². The summed E-state index contributed by atoms with van der Waals surface area (Å²) in [5, 5.41) is 23.0. The molecule has 1 aliphatic rings. The first-order chi connectivity index (χ1) is 8.99. The molecule has 2 N–H and O–H groups in total. The Balaban J connectivity index is 2.10. The number of nitrogens with one attached hydrogen (secondary N) is 1. The van der Waals surface area contributed by atoms with Crippen LogP contribution in [0, 0.1) is 23.0 Å². The summed E-state index contributed by atoms with van der Waals surface area (Å²) in [6.07, 6.45) is 2.00. The van der Waals surface area contributed by atoms with Gasteiger partial charge in [-0.2, -0.15) is 0 Å². The van der Waals surface area contributed by atoms with E-state index in [1.165, 1.54) is 6.07 Å². The number of rotatable bonds is 4. The maximum absolute atomic E-state index is 10.9. The standard InChI is InChI=1S/C13H16N2O4/c1-8-11(3-2-4-12(8)15(18)19)14-10-6-5-9(7-10)13(16)17/h2-4,9-10,14H,5-7H2,1H3,(H,16,17). The predicted octanol–water partition coefficient (Wildman–Crippen LogP) is 2.57. The molecule has 2 atom stereocenters. The van der Waals surface area contributed by atoms with E-state index in [4.69, 9.17) is 5.11 Å². The molecule has 2 rings (SSSR count). The fourth-order valence-corrected chi connectivity index (χ4v) is 2.53. The monoisotopic (exact) mass is 264 g/mol. The van der Waals surface area contributed by atoms with Gasteiger partial charge in [0.1, 0.15) is 0 Å². The molecule has 0 bridgehead atoms. The van der Waals surface area contributed by atoms with E-state index in [2.05, 4.69) is 5.32 Å². The van der Waals surface area contributed by atoms with Crippen molar-refractivity contribution in [3.63, 3.8) is 0 Å². The van der Waals surface area contributed by atoms with E-state index in [9.17, 15) is 14.9 Å². The number of anilines is 1. The molecule has 102 valence electrons. The van der Waals surface area contributed by atoms with Crippen LogP contribution < -0.4 is 5.32 Å². The second-order valence-electron chi connectivity index (χ2n) is 4.90. The summed E-state index contributed by atoms with van der Waals surface area (Å²) < 4.78 is 0. The molecule has 0 spiro atoms. The maximum Gasteiger partial charge on any atom is 0.306 e. The fraction of sp³-hybridized carbons (Fsp3) is 0.462. The Morgan fingerprint density at radius 3 is 2.79 bits per heavy atom. The minimum absolute atomic E-state index is 0.0711. The maximum atomic E-state index is 10.9. The van der Waals surface area contributed by atoms with Gasteiger partial charge in [-0.25, -0.2) is 0 Å². The van der Waals surface area contributed by atoms with E-state index >= 15 is 0 Å². The van der Waals surface area contributed by atoms with E-state index in [1.807, 2.05) is 0 Å². The third-order valence-corrected chi connectivity index (χ3v) is 3.64. The largest absolute Gasteiger partial charge is 0.481 e. The summed E-state index contributed by atoms with van der Waals surface area (Å²) in [6, 6.07) is 4.96. The molecule has 0 saturated heterocycles. The van der Waals surface area contributed by atoms with Crippen LogP contribution in [-0.2, 0) is 4.79 Å². The van der Waals surface area contributed by atoms with Gasteiger partial charge in [-0.3, -0.25) is 14.9 Å². The smallest absolute Gasteiger partial charge is 0.306 e. The van der Waals surface area contributed by atoms with Crippen molar-refractivity contribution in [1.82, 2.24) is 0 Å². The summed E-state index contributed by atoms with van der Waals surface area (Å²) in [5.74, 6) is -1.07. The van der Waals surface area contributed by atoms with Gasteiger partial charge < -0.3 is 10.4 Å². The van der Waals surface area contributed by atoms with E-state index in [0.29, 0.717) is 24.1 Å². The Morgan fingerprint density at radius 1 is 1.47 bits per heavy atom. The van der Waals surface area contributed by atoms with Crippen molar-refractivity contribution < 1.29 is 14.8 Å². The Labute approximate surface area is 110 Å². The zero-order valence-corrected chi connectivity index (χ0v) is 10.6. The van der Waals surface area contributed by atoms with Gasteiger partial charge in [0.05, 0.1) is 10.8 Å². The SMILES string of the molecule is Cc1c(NC2CCC(C(=O)O)C2)cccc1[N+](=O)[O-]. The zero-order chi connectivity index (χ0) is 14.0. The second-order valence-corrected chi connectivity index (χ2v) is 4.90. The molecule has 6 heteroatoms. The fourth-order valence-electron chi connectivity index (χ4n) is 2.53. The molecule has 1 aromatic carbocycles. The van der Waals surface area contributed by atoms with Gasteiger partial charge in [-0.05, 0) is 32.3 Å². The molecule has 1 aliphatic carbocycles. The zero-order valence-electron chi connectivity index (χ0n) is 10.6. The minimum Gasteiger partial charge on any atom is -0.481 e. The molecule has 1 aromatic rings. The van der Waals surface area contributed by atoms with Crippen molar-refractivity contribution in [3.05, 3.63) is 33.9 Å². The number of aliphatic carboxylic acids is 1. The van der Waals surface area contributed by atoms with Crippen LogP contribution in [0.25, 0.3) is 0 Å². The van der Waals surface area contributed by atoms with Crippen molar-refractivity contribution in [3.8, 4) is 0 Å².